The molecule has 2 aromatic carbocycles. The van der Waals surface area contributed by atoms with Gasteiger partial charge in [-0.15, -0.1) is 13.2 Å². The molecular weight excluding hydrogens is 307 g/mol. The van der Waals surface area contributed by atoms with Gasteiger partial charge in [0.05, 0.1) is 0 Å². The summed E-state index contributed by atoms with van der Waals surface area (Å²) in [6, 6.07) is 9.71. The first-order valence-electron chi connectivity index (χ1n) is 5.73. The maximum Gasteiger partial charge on any atom is 0.573 e. The number of hydrogen-bond donors (Lipinski definition) is 1. The van der Waals surface area contributed by atoms with Gasteiger partial charge in [-0.3, -0.25) is 4.79 Å². The second-order valence-corrected chi connectivity index (χ2v) is 4.48. The van der Waals surface area contributed by atoms with Crippen molar-refractivity contribution in [3.05, 3.63) is 53.1 Å². The van der Waals surface area contributed by atoms with E-state index in [1.54, 1.807) is 0 Å². The summed E-state index contributed by atoms with van der Waals surface area (Å²) in [5, 5.41) is 0.101. The lowest BCUT2D eigenvalue weighted by molar-refractivity contribution is -0.274. The van der Waals surface area contributed by atoms with Crippen LogP contribution in [0.1, 0.15) is 10.4 Å². The number of ether oxygens (including phenoxy) is 1. The molecule has 0 heterocycles. The highest BCUT2D eigenvalue weighted by molar-refractivity contribution is 6.34. The number of alkyl halides is 3. The molecule has 0 aliphatic carbocycles. The van der Waals surface area contributed by atoms with E-state index in [4.69, 9.17) is 17.3 Å². The fraction of sp³-hybridized carbons (Fsp3) is 0.0714. The van der Waals surface area contributed by atoms with Crippen molar-refractivity contribution in [3.8, 4) is 16.9 Å². The van der Waals surface area contributed by atoms with Crippen molar-refractivity contribution >= 4 is 17.5 Å². The third kappa shape index (κ3) is 3.46. The normalized spacial score (nSPS) is 11.2. The Morgan fingerprint density at radius 3 is 2.38 bits per heavy atom. The Kier molecular flexibility index (Phi) is 4.09. The average molecular weight is 316 g/mol. The topological polar surface area (TPSA) is 52.3 Å². The maximum atomic E-state index is 12.4. The van der Waals surface area contributed by atoms with Crippen molar-refractivity contribution in [1.29, 1.82) is 0 Å². The van der Waals surface area contributed by atoms with Gasteiger partial charge in [0.15, 0.2) is 0 Å². The van der Waals surface area contributed by atoms with Gasteiger partial charge in [0.1, 0.15) is 5.75 Å². The first kappa shape index (κ1) is 15.2. The van der Waals surface area contributed by atoms with Gasteiger partial charge in [0.25, 0.3) is 0 Å². The van der Waals surface area contributed by atoms with Gasteiger partial charge in [-0.2, -0.15) is 0 Å². The Morgan fingerprint density at radius 2 is 1.76 bits per heavy atom. The zero-order chi connectivity index (χ0) is 15.6. The van der Waals surface area contributed by atoms with Crippen LogP contribution in [0.4, 0.5) is 13.2 Å². The molecule has 0 fully saturated rings. The lowest BCUT2D eigenvalue weighted by atomic mass is 9.98. The zero-order valence-electron chi connectivity index (χ0n) is 10.4. The van der Waals surface area contributed by atoms with Crippen molar-refractivity contribution in [1.82, 2.24) is 0 Å². The van der Waals surface area contributed by atoms with Gasteiger partial charge in [0, 0.05) is 21.7 Å². The van der Waals surface area contributed by atoms with Crippen LogP contribution in [0.15, 0.2) is 42.5 Å². The van der Waals surface area contributed by atoms with Gasteiger partial charge in [-0.1, -0.05) is 35.9 Å². The van der Waals surface area contributed by atoms with E-state index in [-0.39, 0.29) is 21.7 Å². The van der Waals surface area contributed by atoms with E-state index in [1.807, 2.05) is 0 Å². The van der Waals surface area contributed by atoms with Gasteiger partial charge < -0.3 is 10.5 Å². The monoisotopic (exact) mass is 315 g/mol. The Hall–Kier alpha value is -2.21. The average Bonchev–Trinajstić information content (AvgIpc) is 2.37. The number of carbonyl (C=O) groups excluding carboxylic acids is 1. The standard InChI is InChI=1S/C14H9ClF3NO2/c15-10-6-3-5-9(13(19)20)12(10)8-4-1-2-7-11(8)21-14(16,17)18/h1-7H,(H2,19,20). The van der Waals surface area contributed by atoms with E-state index >= 15 is 0 Å². The number of primary amides is 1. The van der Waals surface area contributed by atoms with Crippen molar-refractivity contribution in [3.63, 3.8) is 0 Å². The molecule has 2 N–H and O–H groups in total. The van der Waals surface area contributed by atoms with E-state index < -0.39 is 18.0 Å². The smallest absolute Gasteiger partial charge is 0.405 e. The second-order valence-electron chi connectivity index (χ2n) is 4.07. The summed E-state index contributed by atoms with van der Waals surface area (Å²) in [4.78, 5) is 11.4. The first-order chi connectivity index (χ1) is 9.79. The molecule has 0 unspecified atom stereocenters. The summed E-state index contributed by atoms with van der Waals surface area (Å²) in [5.41, 5.74) is 5.39. The molecule has 21 heavy (non-hydrogen) atoms. The maximum absolute atomic E-state index is 12.4. The highest BCUT2D eigenvalue weighted by Gasteiger charge is 2.32. The van der Waals surface area contributed by atoms with Crippen molar-refractivity contribution in [2.45, 2.75) is 6.36 Å². The minimum absolute atomic E-state index is 0.0146. The van der Waals surface area contributed by atoms with E-state index in [1.165, 1.54) is 36.4 Å². The molecule has 0 aliphatic rings. The van der Waals surface area contributed by atoms with Crippen LogP contribution in [-0.2, 0) is 0 Å². The lowest BCUT2D eigenvalue weighted by Crippen LogP contribution is -2.18. The molecule has 0 saturated carbocycles. The molecule has 3 nitrogen and oxygen atoms in total. The van der Waals surface area contributed by atoms with Gasteiger partial charge in [-0.25, -0.2) is 0 Å². The zero-order valence-corrected chi connectivity index (χ0v) is 11.2. The quantitative estimate of drug-likeness (QED) is 0.930. The predicted octanol–water partition coefficient (Wildman–Crippen LogP) is 4.00. The molecule has 0 saturated heterocycles. The van der Waals surface area contributed by atoms with Crippen molar-refractivity contribution in [2.75, 3.05) is 0 Å². The van der Waals surface area contributed by atoms with Gasteiger partial charge in [-0.05, 0) is 18.2 Å². The minimum Gasteiger partial charge on any atom is -0.405 e. The fourth-order valence-corrected chi connectivity index (χ4v) is 2.17. The summed E-state index contributed by atoms with van der Waals surface area (Å²) in [5.74, 6) is -1.25. The molecule has 0 aliphatic heterocycles. The van der Waals surface area contributed by atoms with Crippen LogP contribution in [0.3, 0.4) is 0 Å². The molecule has 0 atom stereocenters. The van der Waals surface area contributed by atoms with Crippen LogP contribution >= 0.6 is 11.6 Å². The largest absolute Gasteiger partial charge is 0.573 e. The van der Waals surface area contributed by atoms with Crippen LogP contribution in [-0.4, -0.2) is 12.3 Å². The van der Waals surface area contributed by atoms with Gasteiger partial charge >= 0.3 is 6.36 Å². The van der Waals surface area contributed by atoms with E-state index in [9.17, 15) is 18.0 Å². The van der Waals surface area contributed by atoms with Crippen molar-refractivity contribution in [2.24, 2.45) is 5.73 Å². The Labute approximate surface area is 123 Å². The molecule has 0 spiro atoms. The highest BCUT2D eigenvalue weighted by Crippen LogP contribution is 2.39. The lowest BCUT2D eigenvalue weighted by Gasteiger charge is -2.15. The Bertz CT molecular complexity index is 686. The van der Waals surface area contributed by atoms with E-state index in [2.05, 4.69) is 4.74 Å². The summed E-state index contributed by atoms with van der Waals surface area (Å²) >= 11 is 6.01. The number of halogens is 4. The van der Waals surface area contributed by atoms with Crippen LogP contribution < -0.4 is 10.5 Å². The van der Waals surface area contributed by atoms with E-state index in [0.717, 1.165) is 6.07 Å². The van der Waals surface area contributed by atoms with Crippen LogP contribution in [0, 0.1) is 0 Å². The highest BCUT2D eigenvalue weighted by atomic mass is 35.5. The Balaban J connectivity index is 2.66. The third-order valence-corrected chi connectivity index (χ3v) is 2.98. The molecule has 0 radical (unpaired) electrons. The SMILES string of the molecule is NC(=O)c1cccc(Cl)c1-c1ccccc1OC(F)(F)F. The number of para-hydroxylation sites is 1. The summed E-state index contributed by atoms with van der Waals surface area (Å²) in [7, 11) is 0. The first-order valence-corrected chi connectivity index (χ1v) is 6.11. The summed E-state index contributed by atoms with van der Waals surface area (Å²) in [6.07, 6.45) is -4.86. The molecule has 2 aromatic rings. The molecule has 110 valence electrons. The van der Waals surface area contributed by atoms with E-state index in [0.29, 0.717) is 0 Å². The molecule has 0 aromatic heterocycles. The summed E-state index contributed by atoms with van der Waals surface area (Å²) in [6.45, 7) is 0. The van der Waals surface area contributed by atoms with Gasteiger partial charge in [0.2, 0.25) is 5.91 Å². The minimum atomic E-state index is -4.86. The van der Waals surface area contributed by atoms with Crippen LogP contribution in [0.5, 0.6) is 5.75 Å². The molecule has 0 bridgehead atoms. The number of nitrogens with two attached hydrogens (primary N) is 1. The molecular formula is C14H9ClF3NO2. The number of hydrogen-bond acceptors (Lipinski definition) is 2. The second kappa shape index (κ2) is 5.65. The molecule has 1 amide bonds. The fourth-order valence-electron chi connectivity index (χ4n) is 1.89. The number of benzene rings is 2. The Morgan fingerprint density at radius 1 is 1.10 bits per heavy atom. The van der Waals surface area contributed by atoms with Crippen molar-refractivity contribution < 1.29 is 22.7 Å². The predicted molar refractivity (Wildman–Crippen MR) is 72.1 cm³/mol. The number of rotatable bonds is 3. The van der Waals surface area contributed by atoms with Crippen LogP contribution in [0.25, 0.3) is 11.1 Å². The van der Waals surface area contributed by atoms with Crippen LogP contribution in [0.2, 0.25) is 5.02 Å². The molecule has 2 rings (SSSR count). The molecule has 7 heteroatoms. The number of amides is 1. The summed E-state index contributed by atoms with van der Waals surface area (Å²) < 4.78 is 41.3. The number of carbonyl (C=O) groups is 1. The third-order valence-electron chi connectivity index (χ3n) is 2.66.